The van der Waals surface area contributed by atoms with E-state index >= 15 is 0 Å². The molecular formula is C15H16FN3O5S. The molecule has 2 N–H and O–H groups in total. The highest BCUT2D eigenvalue weighted by atomic mass is 32.2. The molecule has 1 saturated carbocycles. The van der Waals surface area contributed by atoms with Gasteiger partial charge in [0.05, 0.1) is 16.6 Å². The zero-order valence-electron chi connectivity index (χ0n) is 13.3. The van der Waals surface area contributed by atoms with Crippen molar-refractivity contribution in [3.05, 3.63) is 39.7 Å². The monoisotopic (exact) mass is 369 g/mol. The lowest BCUT2D eigenvalue weighted by atomic mass is 9.80. The van der Waals surface area contributed by atoms with Crippen LogP contribution in [0.2, 0.25) is 0 Å². The Morgan fingerprint density at radius 3 is 3.00 bits per heavy atom. The molecule has 0 aromatic heterocycles. The molecule has 2 aliphatic rings. The zero-order valence-corrected chi connectivity index (χ0v) is 14.1. The van der Waals surface area contributed by atoms with Gasteiger partial charge in [0.1, 0.15) is 5.82 Å². The summed E-state index contributed by atoms with van der Waals surface area (Å²) in [6.45, 7) is 0. The minimum Gasteiger partial charge on any atom is -0.465 e. The molecule has 3 rings (SSSR count). The van der Waals surface area contributed by atoms with E-state index in [1.54, 1.807) is 7.11 Å². The molecule has 25 heavy (non-hydrogen) atoms. The summed E-state index contributed by atoms with van der Waals surface area (Å²) in [6, 6.07) is 3.35. The van der Waals surface area contributed by atoms with Crippen molar-refractivity contribution in [1.82, 2.24) is 5.32 Å². The fourth-order valence-electron chi connectivity index (χ4n) is 3.61. The van der Waals surface area contributed by atoms with E-state index in [0.29, 0.717) is 18.6 Å². The highest BCUT2D eigenvalue weighted by Crippen LogP contribution is 2.52. The number of halogens is 1. The normalized spacial score (nSPS) is 28.2. The van der Waals surface area contributed by atoms with Crippen molar-refractivity contribution in [2.24, 2.45) is 10.9 Å². The summed E-state index contributed by atoms with van der Waals surface area (Å²) in [6.07, 6.45) is -0.421. The van der Waals surface area contributed by atoms with Gasteiger partial charge >= 0.3 is 6.09 Å². The highest BCUT2D eigenvalue weighted by molar-refractivity contribution is 8.13. The molecule has 0 saturated heterocycles. The van der Waals surface area contributed by atoms with E-state index in [1.165, 1.54) is 17.8 Å². The van der Waals surface area contributed by atoms with Crippen LogP contribution in [0.1, 0.15) is 18.4 Å². The molecule has 1 heterocycles. The third-order valence-electron chi connectivity index (χ3n) is 4.72. The molecule has 0 spiro atoms. The number of hydrogen-bond acceptors (Lipinski definition) is 6. The number of fused-ring (bicyclic) bond motifs is 1. The Kier molecular flexibility index (Phi) is 4.65. The molecule has 10 heteroatoms. The van der Waals surface area contributed by atoms with E-state index in [2.05, 4.69) is 10.3 Å². The number of thioether (sulfide) groups is 1. The third-order valence-corrected chi connectivity index (χ3v) is 5.71. The standard InChI is InChI=1S/C15H16FN3O5S/c1-24-12-4-5-15(9-6-8(19(22)23)2-3-11(9)16)10(12)7-25-13(18-15)17-14(20)21/h2-3,6,10,12H,4-5,7H2,1H3,(H,17,18)(H,20,21)/t10-,12+,15-/m1/s1. The summed E-state index contributed by atoms with van der Waals surface area (Å²) >= 11 is 1.22. The number of nitro benzene ring substituents is 1. The van der Waals surface area contributed by atoms with E-state index in [4.69, 9.17) is 9.84 Å². The molecule has 1 aliphatic carbocycles. The van der Waals surface area contributed by atoms with Crippen LogP contribution in [0.15, 0.2) is 23.2 Å². The van der Waals surface area contributed by atoms with Gasteiger partial charge < -0.3 is 9.84 Å². The maximum absolute atomic E-state index is 14.6. The first kappa shape index (κ1) is 17.6. The number of ether oxygens (including phenoxy) is 1. The molecule has 134 valence electrons. The van der Waals surface area contributed by atoms with Crippen molar-refractivity contribution >= 4 is 28.7 Å². The number of amides is 1. The summed E-state index contributed by atoms with van der Waals surface area (Å²) in [5.74, 6) is -0.337. The maximum Gasteiger partial charge on any atom is 0.410 e. The summed E-state index contributed by atoms with van der Waals surface area (Å²) < 4.78 is 20.1. The average Bonchev–Trinajstić information content (AvgIpc) is 2.93. The number of benzene rings is 1. The second kappa shape index (κ2) is 6.60. The number of hydrogen-bond donors (Lipinski definition) is 2. The lowest BCUT2D eigenvalue weighted by molar-refractivity contribution is -0.385. The molecule has 3 atom stereocenters. The predicted octanol–water partition coefficient (Wildman–Crippen LogP) is 2.72. The Hall–Kier alpha value is -2.20. The van der Waals surface area contributed by atoms with Gasteiger partial charge in [-0.1, -0.05) is 11.8 Å². The zero-order chi connectivity index (χ0) is 18.2. The molecular weight excluding hydrogens is 353 g/mol. The first-order valence-corrected chi connectivity index (χ1v) is 8.56. The Morgan fingerprint density at radius 1 is 1.60 bits per heavy atom. The predicted molar refractivity (Wildman–Crippen MR) is 89.3 cm³/mol. The van der Waals surface area contributed by atoms with Crippen LogP contribution in [-0.4, -0.2) is 40.3 Å². The van der Waals surface area contributed by atoms with Gasteiger partial charge in [-0.25, -0.2) is 9.18 Å². The van der Waals surface area contributed by atoms with Crippen LogP contribution >= 0.6 is 11.8 Å². The second-order valence-corrected chi connectivity index (χ2v) is 6.93. The van der Waals surface area contributed by atoms with Gasteiger partial charge in [0.15, 0.2) is 5.17 Å². The number of nitro groups is 1. The van der Waals surface area contributed by atoms with Gasteiger partial charge in [-0.3, -0.25) is 20.4 Å². The Balaban J connectivity index is 2.14. The van der Waals surface area contributed by atoms with Crippen LogP contribution in [0, 0.1) is 21.8 Å². The van der Waals surface area contributed by atoms with Gasteiger partial charge in [0, 0.05) is 36.5 Å². The van der Waals surface area contributed by atoms with Gasteiger partial charge in [-0.05, 0) is 18.9 Å². The molecule has 0 bridgehead atoms. The van der Waals surface area contributed by atoms with E-state index in [-0.39, 0.29) is 28.4 Å². The summed E-state index contributed by atoms with van der Waals surface area (Å²) in [4.78, 5) is 25.9. The van der Waals surface area contributed by atoms with Crippen LogP contribution < -0.4 is 5.32 Å². The fourth-order valence-corrected chi connectivity index (χ4v) is 4.83. The second-order valence-electron chi connectivity index (χ2n) is 5.92. The molecule has 0 radical (unpaired) electrons. The molecule has 1 aliphatic heterocycles. The van der Waals surface area contributed by atoms with Crippen molar-refractivity contribution in [1.29, 1.82) is 0 Å². The van der Waals surface area contributed by atoms with Crippen molar-refractivity contribution in [2.45, 2.75) is 24.5 Å². The Bertz CT molecular complexity index is 759. The molecule has 1 aromatic rings. The Labute approximate surface area is 146 Å². The molecule has 1 aromatic carbocycles. The van der Waals surface area contributed by atoms with Gasteiger partial charge in [-0.2, -0.15) is 0 Å². The SMILES string of the molecule is CO[C@H]1CC[C@]2(c3cc([N+](=O)[O-])ccc3F)N=C(NC(=O)O)SC[C@H]12. The van der Waals surface area contributed by atoms with E-state index in [9.17, 15) is 19.3 Å². The largest absolute Gasteiger partial charge is 0.465 e. The average molecular weight is 369 g/mol. The number of carbonyl (C=O) groups is 1. The van der Waals surface area contributed by atoms with Gasteiger partial charge in [-0.15, -0.1) is 0 Å². The highest BCUT2D eigenvalue weighted by Gasteiger charge is 2.53. The van der Waals surface area contributed by atoms with Crippen molar-refractivity contribution < 1.29 is 24.0 Å². The van der Waals surface area contributed by atoms with Crippen LogP contribution in [0.3, 0.4) is 0 Å². The summed E-state index contributed by atoms with van der Waals surface area (Å²) in [5.41, 5.74) is -1.21. The van der Waals surface area contributed by atoms with E-state index in [0.717, 1.165) is 12.1 Å². The van der Waals surface area contributed by atoms with Crippen LogP contribution in [0.5, 0.6) is 0 Å². The van der Waals surface area contributed by atoms with Gasteiger partial charge in [0.25, 0.3) is 5.69 Å². The topological polar surface area (TPSA) is 114 Å². The lowest BCUT2D eigenvalue weighted by Gasteiger charge is -2.37. The smallest absolute Gasteiger partial charge is 0.410 e. The maximum atomic E-state index is 14.6. The number of methoxy groups -OCH3 is 1. The minimum atomic E-state index is -1.26. The van der Waals surface area contributed by atoms with Crippen molar-refractivity contribution in [2.75, 3.05) is 12.9 Å². The number of carboxylic acid groups (broad SMARTS) is 1. The van der Waals surface area contributed by atoms with Crippen molar-refractivity contribution in [3.63, 3.8) is 0 Å². The van der Waals surface area contributed by atoms with E-state index < -0.39 is 22.4 Å². The minimum absolute atomic E-state index is 0.108. The Morgan fingerprint density at radius 2 is 2.36 bits per heavy atom. The van der Waals surface area contributed by atoms with Crippen molar-refractivity contribution in [3.8, 4) is 0 Å². The summed E-state index contributed by atoms with van der Waals surface area (Å²) in [7, 11) is 1.56. The first-order chi connectivity index (χ1) is 11.9. The number of aliphatic imine (C=N–C) groups is 1. The number of amidine groups is 1. The molecule has 0 unspecified atom stereocenters. The number of rotatable bonds is 3. The lowest BCUT2D eigenvalue weighted by Crippen LogP contribution is -2.43. The number of non-ortho nitro benzene ring substituents is 1. The molecule has 1 fully saturated rings. The quantitative estimate of drug-likeness (QED) is 0.625. The van der Waals surface area contributed by atoms with Gasteiger partial charge in [0.2, 0.25) is 0 Å². The van der Waals surface area contributed by atoms with E-state index in [1.807, 2.05) is 0 Å². The molecule has 1 amide bonds. The summed E-state index contributed by atoms with van der Waals surface area (Å²) in [5, 5.41) is 22.4. The van der Waals surface area contributed by atoms with Crippen LogP contribution in [0.4, 0.5) is 14.9 Å². The third kappa shape index (κ3) is 3.07. The fraction of sp³-hybridized carbons (Fsp3) is 0.467. The number of nitrogens with one attached hydrogen (secondary N) is 1. The van der Waals surface area contributed by atoms with Crippen LogP contribution in [0.25, 0.3) is 0 Å². The van der Waals surface area contributed by atoms with Crippen LogP contribution in [-0.2, 0) is 10.3 Å². The molecule has 8 nitrogen and oxygen atoms in total. The number of nitrogens with zero attached hydrogens (tertiary/aromatic N) is 2. The first-order valence-electron chi connectivity index (χ1n) is 7.57.